The van der Waals surface area contributed by atoms with Gasteiger partial charge in [-0.25, -0.2) is 4.79 Å². The van der Waals surface area contributed by atoms with Gasteiger partial charge in [0.05, 0.1) is 0 Å². The van der Waals surface area contributed by atoms with Crippen molar-refractivity contribution >= 4 is 23.3 Å². The van der Waals surface area contributed by atoms with Gasteiger partial charge in [0.25, 0.3) is 0 Å². The van der Waals surface area contributed by atoms with Crippen molar-refractivity contribution in [2.24, 2.45) is 4.99 Å². The number of aliphatic imine (C=N–C) groups is 1. The largest absolute Gasteiger partial charge is 0.772 e. The molecule has 0 saturated heterocycles. The first-order chi connectivity index (χ1) is 6.07. The van der Waals surface area contributed by atoms with Crippen LogP contribution in [0.5, 0.6) is 0 Å². The number of carboxylic acids is 1. The van der Waals surface area contributed by atoms with Gasteiger partial charge in [-0.05, 0) is 17.5 Å². The van der Waals surface area contributed by atoms with Crippen LogP contribution in [-0.4, -0.2) is 37.8 Å². The Morgan fingerprint density at radius 3 is 2.77 bits per heavy atom. The van der Waals surface area contributed by atoms with Crippen LogP contribution >= 0.6 is 0 Å². The van der Waals surface area contributed by atoms with Crippen LogP contribution in [-0.2, 0) is 15.9 Å². The third-order valence-corrected chi connectivity index (χ3v) is 1.76. The fourth-order valence-electron chi connectivity index (χ4n) is 0.766. The van der Waals surface area contributed by atoms with Crippen molar-refractivity contribution in [2.45, 2.75) is 25.8 Å². The molecule has 1 unspecified atom stereocenters. The third-order valence-electron chi connectivity index (χ3n) is 1.34. The van der Waals surface area contributed by atoms with Crippen molar-refractivity contribution in [2.75, 3.05) is 5.75 Å². The summed E-state index contributed by atoms with van der Waals surface area (Å²) < 4.78 is 20.1. The second-order valence-corrected chi connectivity index (χ2v) is 3.39. The Morgan fingerprint density at radius 1 is 1.77 bits per heavy atom. The molecule has 0 heterocycles. The molecule has 6 heteroatoms. The first-order valence-electron chi connectivity index (χ1n) is 3.88. The molecule has 13 heavy (non-hydrogen) atoms. The molecule has 0 aliphatic rings. The number of nitrogens with zero attached hydrogens (tertiary/aromatic N) is 1. The van der Waals surface area contributed by atoms with Gasteiger partial charge in [-0.15, -0.1) is 0 Å². The summed E-state index contributed by atoms with van der Waals surface area (Å²) in [5.74, 6) is -1.25. The van der Waals surface area contributed by atoms with E-state index in [0.717, 1.165) is 6.21 Å². The summed E-state index contributed by atoms with van der Waals surface area (Å²) in [6, 6.07) is -0.812. The minimum atomic E-state index is -2.19. The minimum Gasteiger partial charge on any atom is -0.772 e. The molecule has 2 atom stereocenters. The zero-order valence-electron chi connectivity index (χ0n) is 7.30. The summed E-state index contributed by atoms with van der Waals surface area (Å²) in [5.41, 5.74) is 0. The summed E-state index contributed by atoms with van der Waals surface area (Å²) in [6.45, 7) is 1.84. The van der Waals surface area contributed by atoms with Crippen molar-refractivity contribution < 1.29 is 18.7 Å². The number of hydrogen-bond donors (Lipinski definition) is 1. The Labute approximate surface area is 79.2 Å². The smallest absolute Gasteiger partial charge is 0.328 e. The number of hydrogen-bond acceptors (Lipinski definition) is 4. The standard InChI is InChI=1S/C7H13NO4S/c1-2-3-6(7(9)10)8-4-5-13(11)12/h4,6H,2-3,5H2,1H3,(H,9,10)(H,11,12)/p-1/t6-/m0/s1. The van der Waals surface area contributed by atoms with E-state index in [1.54, 1.807) is 0 Å². The Kier molecular flexibility index (Phi) is 6.34. The van der Waals surface area contributed by atoms with Gasteiger partial charge < -0.3 is 9.66 Å². The van der Waals surface area contributed by atoms with Crippen molar-refractivity contribution in [3.05, 3.63) is 0 Å². The van der Waals surface area contributed by atoms with Crippen LogP contribution in [0.25, 0.3) is 0 Å². The van der Waals surface area contributed by atoms with Gasteiger partial charge in [-0.1, -0.05) is 13.3 Å². The number of carboxylic acid groups (broad SMARTS) is 1. The van der Waals surface area contributed by atoms with Gasteiger partial charge in [0.2, 0.25) is 0 Å². The Balaban J connectivity index is 4.01. The highest BCUT2D eigenvalue weighted by molar-refractivity contribution is 7.79. The maximum Gasteiger partial charge on any atom is 0.328 e. The lowest BCUT2D eigenvalue weighted by Crippen LogP contribution is -2.18. The number of carbonyl (C=O) groups is 1. The fraction of sp³-hybridized carbons (Fsp3) is 0.714. The van der Waals surface area contributed by atoms with E-state index in [0.29, 0.717) is 12.8 Å². The molecule has 0 aromatic heterocycles. The molecule has 0 aliphatic heterocycles. The molecule has 0 radical (unpaired) electrons. The normalized spacial score (nSPS) is 15.8. The minimum absolute atomic E-state index is 0.229. The van der Waals surface area contributed by atoms with Gasteiger partial charge in [-0.2, -0.15) is 0 Å². The molecule has 0 aromatic carbocycles. The van der Waals surface area contributed by atoms with E-state index in [2.05, 4.69) is 4.99 Å². The van der Waals surface area contributed by atoms with E-state index in [-0.39, 0.29) is 5.75 Å². The lowest BCUT2D eigenvalue weighted by Gasteiger charge is -2.05. The van der Waals surface area contributed by atoms with Gasteiger partial charge >= 0.3 is 5.97 Å². The predicted molar refractivity (Wildman–Crippen MR) is 48.6 cm³/mol. The monoisotopic (exact) mass is 206 g/mol. The Hall–Kier alpha value is -0.750. The molecule has 0 rings (SSSR count). The van der Waals surface area contributed by atoms with Crippen molar-refractivity contribution in [3.63, 3.8) is 0 Å². The fourth-order valence-corrected chi connectivity index (χ4v) is 0.974. The van der Waals surface area contributed by atoms with E-state index >= 15 is 0 Å². The summed E-state index contributed by atoms with van der Waals surface area (Å²) in [7, 11) is 0. The number of rotatable bonds is 6. The van der Waals surface area contributed by atoms with Crippen molar-refractivity contribution in [3.8, 4) is 0 Å². The lowest BCUT2D eigenvalue weighted by molar-refractivity contribution is -0.138. The quantitative estimate of drug-likeness (QED) is 0.496. The maximum absolute atomic E-state index is 10.5. The Bertz CT molecular complexity index is 217. The highest BCUT2D eigenvalue weighted by atomic mass is 32.2. The van der Waals surface area contributed by atoms with Gasteiger partial charge in [0, 0.05) is 12.0 Å². The second-order valence-electron chi connectivity index (χ2n) is 2.44. The molecule has 1 N–H and O–H groups in total. The molecule has 0 aliphatic carbocycles. The van der Waals surface area contributed by atoms with Crippen LogP contribution < -0.4 is 0 Å². The lowest BCUT2D eigenvalue weighted by atomic mass is 10.2. The average molecular weight is 206 g/mol. The van der Waals surface area contributed by atoms with Gasteiger partial charge in [-0.3, -0.25) is 9.20 Å². The zero-order valence-corrected chi connectivity index (χ0v) is 8.12. The van der Waals surface area contributed by atoms with Crippen molar-refractivity contribution in [1.82, 2.24) is 0 Å². The van der Waals surface area contributed by atoms with E-state index in [1.807, 2.05) is 6.92 Å². The summed E-state index contributed by atoms with van der Waals surface area (Å²) in [5, 5.41) is 8.60. The summed E-state index contributed by atoms with van der Waals surface area (Å²) in [4.78, 5) is 14.1. The van der Waals surface area contributed by atoms with Crippen LogP contribution in [0.4, 0.5) is 0 Å². The predicted octanol–water partition coefficient (Wildman–Crippen LogP) is 0.190. The topological polar surface area (TPSA) is 89.8 Å². The molecule has 0 fully saturated rings. The molecule has 0 aromatic rings. The third kappa shape index (κ3) is 6.41. The highest BCUT2D eigenvalue weighted by Crippen LogP contribution is 2.00. The van der Waals surface area contributed by atoms with Crippen LogP contribution in [0.2, 0.25) is 0 Å². The maximum atomic E-state index is 10.5. The molecule has 76 valence electrons. The van der Waals surface area contributed by atoms with Crippen LogP contribution in [0.1, 0.15) is 19.8 Å². The van der Waals surface area contributed by atoms with E-state index in [4.69, 9.17) is 5.11 Å². The van der Waals surface area contributed by atoms with Crippen LogP contribution in [0.3, 0.4) is 0 Å². The summed E-state index contributed by atoms with van der Waals surface area (Å²) in [6.07, 6.45) is 2.25. The molecule has 0 amide bonds. The molecular formula is C7H12NO4S-. The van der Waals surface area contributed by atoms with E-state index in [1.165, 1.54) is 0 Å². The second kappa shape index (κ2) is 6.73. The summed E-state index contributed by atoms with van der Waals surface area (Å²) >= 11 is -2.19. The molecule has 5 nitrogen and oxygen atoms in total. The Morgan fingerprint density at radius 2 is 2.38 bits per heavy atom. The first-order valence-corrected chi connectivity index (χ1v) is 5.12. The van der Waals surface area contributed by atoms with Gasteiger partial charge in [0.1, 0.15) is 6.04 Å². The molecular weight excluding hydrogens is 194 g/mol. The SMILES string of the molecule is CCC[C@H](N=CCS(=O)[O-])C(=O)O. The van der Waals surface area contributed by atoms with E-state index in [9.17, 15) is 13.6 Å². The van der Waals surface area contributed by atoms with E-state index < -0.39 is 23.1 Å². The van der Waals surface area contributed by atoms with Crippen LogP contribution in [0.15, 0.2) is 4.99 Å². The molecule has 0 spiro atoms. The average Bonchev–Trinajstić information content (AvgIpc) is 2.02. The molecule has 0 bridgehead atoms. The first kappa shape index (κ1) is 12.2. The zero-order chi connectivity index (χ0) is 10.3. The van der Waals surface area contributed by atoms with Crippen LogP contribution in [0, 0.1) is 0 Å². The van der Waals surface area contributed by atoms with Crippen molar-refractivity contribution in [1.29, 1.82) is 0 Å². The number of aliphatic carboxylic acids is 1. The van der Waals surface area contributed by atoms with Gasteiger partial charge in [0.15, 0.2) is 0 Å². The highest BCUT2D eigenvalue weighted by Gasteiger charge is 2.12. The molecule has 0 saturated carbocycles.